The van der Waals surface area contributed by atoms with E-state index in [4.69, 9.17) is 5.73 Å². The van der Waals surface area contributed by atoms with Gasteiger partial charge in [0.2, 0.25) is 5.91 Å². The minimum atomic E-state index is -4.50. The van der Waals surface area contributed by atoms with E-state index in [1.807, 2.05) is 0 Å². The molecular weight excluding hydrogens is 421 g/mol. The summed E-state index contributed by atoms with van der Waals surface area (Å²) in [5.74, 6) is -0.786. The summed E-state index contributed by atoms with van der Waals surface area (Å²) in [5, 5.41) is 5.21. The normalized spacial score (nSPS) is 12.1. The van der Waals surface area contributed by atoms with Crippen molar-refractivity contribution in [2.75, 3.05) is 5.32 Å². The standard InChI is InChI=1S/C23H21F3N4O2/c24-23(25,26)19-4-2-1-3-17(19)14-29-21(31)13-20(27)15-5-7-16(8-6-15)22(32)30-18-9-11-28-12-10-18/h1-12,20H,13-14,27H2,(H,29,31)(H,28,30,32). The summed E-state index contributed by atoms with van der Waals surface area (Å²) in [5.41, 5.74) is 6.89. The first-order valence-electron chi connectivity index (χ1n) is 9.73. The highest BCUT2D eigenvalue weighted by Gasteiger charge is 2.32. The molecule has 0 saturated heterocycles. The highest BCUT2D eigenvalue weighted by molar-refractivity contribution is 6.04. The van der Waals surface area contributed by atoms with Crippen molar-refractivity contribution in [3.8, 4) is 0 Å². The number of hydrogen-bond acceptors (Lipinski definition) is 4. The summed E-state index contributed by atoms with van der Waals surface area (Å²) < 4.78 is 39.2. The first-order valence-corrected chi connectivity index (χ1v) is 9.73. The Bertz CT molecular complexity index is 1070. The van der Waals surface area contributed by atoms with E-state index in [-0.39, 0.29) is 24.4 Å². The maximum absolute atomic E-state index is 13.1. The Morgan fingerprint density at radius 3 is 2.28 bits per heavy atom. The molecule has 0 fully saturated rings. The molecule has 0 radical (unpaired) electrons. The molecule has 1 aromatic heterocycles. The van der Waals surface area contributed by atoms with E-state index in [0.29, 0.717) is 16.8 Å². The predicted octanol–water partition coefficient (Wildman–Crippen LogP) is 4.06. The number of hydrogen-bond donors (Lipinski definition) is 3. The van der Waals surface area contributed by atoms with Crippen LogP contribution in [-0.4, -0.2) is 16.8 Å². The fourth-order valence-electron chi connectivity index (χ4n) is 3.05. The van der Waals surface area contributed by atoms with Crippen molar-refractivity contribution >= 4 is 17.5 Å². The van der Waals surface area contributed by atoms with Gasteiger partial charge in [-0.1, -0.05) is 30.3 Å². The summed E-state index contributed by atoms with van der Waals surface area (Å²) in [6.45, 7) is -0.255. The van der Waals surface area contributed by atoms with Gasteiger partial charge in [-0.25, -0.2) is 0 Å². The van der Waals surface area contributed by atoms with Crippen molar-refractivity contribution in [3.05, 3.63) is 95.3 Å². The van der Waals surface area contributed by atoms with Crippen LogP contribution in [0.4, 0.5) is 18.9 Å². The Kier molecular flexibility index (Phi) is 7.21. The molecule has 4 N–H and O–H groups in total. The fraction of sp³-hybridized carbons (Fsp3) is 0.174. The number of anilines is 1. The molecular formula is C23H21F3N4O2. The highest BCUT2D eigenvalue weighted by atomic mass is 19.4. The zero-order valence-electron chi connectivity index (χ0n) is 16.9. The van der Waals surface area contributed by atoms with Gasteiger partial charge in [-0.05, 0) is 41.5 Å². The van der Waals surface area contributed by atoms with Crippen LogP contribution in [0, 0.1) is 0 Å². The number of aromatic nitrogens is 1. The van der Waals surface area contributed by atoms with E-state index >= 15 is 0 Å². The molecule has 9 heteroatoms. The zero-order chi connectivity index (χ0) is 23.1. The maximum Gasteiger partial charge on any atom is 0.416 e. The number of carbonyl (C=O) groups excluding carboxylic acids is 2. The number of rotatable bonds is 7. The highest BCUT2D eigenvalue weighted by Crippen LogP contribution is 2.31. The number of halogens is 3. The van der Waals surface area contributed by atoms with Gasteiger partial charge in [-0.3, -0.25) is 14.6 Å². The van der Waals surface area contributed by atoms with E-state index in [1.54, 1.807) is 48.8 Å². The van der Waals surface area contributed by atoms with Gasteiger partial charge in [0.1, 0.15) is 0 Å². The van der Waals surface area contributed by atoms with E-state index in [2.05, 4.69) is 15.6 Å². The SMILES string of the molecule is NC(CC(=O)NCc1ccccc1C(F)(F)F)c1ccc(C(=O)Nc2ccncc2)cc1. The molecule has 0 saturated carbocycles. The number of carbonyl (C=O) groups is 2. The quantitative estimate of drug-likeness (QED) is 0.514. The molecule has 3 aromatic rings. The van der Waals surface area contributed by atoms with E-state index in [9.17, 15) is 22.8 Å². The van der Waals surface area contributed by atoms with E-state index in [0.717, 1.165) is 6.07 Å². The topological polar surface area (TPSA) is 97.1 Å². The third kappa shape index (κ3) is 6.14. The van der Waals surface area contributed by atoms with Gasteiger partial charge >= 0.3 is 6.18 Å². The van der Waals surface area contributed by atoms with Crippen LogP contribution >= 0.6 is 0 Å². The largest absolute Gasteiger partial charge is 0.416 e. The monoisotopic (exact) mass is 442 g/mol. The Hall–Kier alpha value is -3.72. The summed E-state index contributed by atoms with van der Waals surface area (Å²) in [7, 11) is 0. The van der Waals surface area contributed by atoms with Crippen LogP contribution in [0.5, 0.6) is 0 Å². The van der Waals surface area contributed by atoms with Gasteiger partial charge in [0.15, 0.2) is 0 Å². The molecule has 0 spiro atoms. The number of nitrogens with zero attached hydrogens (tertiary/aromatic N) is 1. The van der Waals surface area contributed by atoms with Gasteiger partial charge in [-0.2, -0.15) is 13.2 Å². The molecule has 1 heterocycles. The molecule has 3 rings (SSSR count). The number of pyridine rings is 1. The van der Waals surface area contributed by atoms with E-state index in [1.165, 1.54) is 18.2 Å². The van der Waals surface area contributed by atoms with Crippen molar-refractivity contribution in [2.45, 2.75) is 25.2 Å². The third-order valence-electron chi connectivity index (χ3n) is 4.74. The first-order chi connectivity index (χ1) is 15.2. The predicted molar refractivity (Wildman–Crippen MR) is 113 cm³/mol. The van der Waals surface area contributed by atoms with Gasteiger partial charge in [0, 0.05) is 42.7 Å². The summed E-state index contributed by atoms with van der Waals surface area (Å²) in [6.07, 6.45) is -1.49. The van der Waals surface area contributed by atoms with Crippen LogP contribution in [0.1, 0.15) is 39.5 Å². The molecule has 0 aliphatic rings. The van der Waals surface area contributed by atoms with Crippen LogP contribution < -0.4 is 16.4 Å². The molecule has 32 heavy (non-hydrogen) atoms. The number of benzene rings is 2. The number of alkyl halides is 3. The van der Waals surface area contributed by atoms with Crippen LogP contribution in [0.2, 0.25) is 0 Å². The molecule has 6 nitrogen and oxygen atoms in total. The number of nitrogens with two attached hydrogens (primary N) is 1. The van der Waals surface area contributed by atoms with Crippen LogP contribution in [0.3, 0.4) is 0 Å². The smallest absolute Gasteiger partial charge is 0.352 e. The Labute approximate surface area is 182 Å². The van der Waals surface area contributed by atoms with Gasteiger partial charge < -0.3 is 16.4 Å². The molecule has 1 atom stereocenters. The second kappa shape index (κ2) is 10.1. The van der Waals surface area contributed by atoms with Crippen molar-refractivity contribution < 1.29 is 22.8 Å². The minimum absolute atomic E-state index is 0.0218. The van der Waals surface area contributed by atoms with Crippen molar-refractivity contribution in [1.29, 1.82) is 0 Å². The van der Waals surface area contributed by atoms with Crippen LogP contribution in [0.25, 0.3) is 0 Å². The molecule has 2 aromatic carbocycles. The van der Waals surface area contributed by atoms with E-state index < -0.39 is 23.7 Å². The molecule has 0 aliphatic heterocycles. The lowest BCUT2D eigenvalue weighted by Gasteiger charge is -2.15. The fourth-order valence-corrected chi connectivity index (χ4v) is 3.05. The van der Waals surface area contributed by atoms with Gasteiger partial charge in [-0.15, -0.1) is 0 Å². The third-order valence-corrected chi connectivity index (χ3v) is 4.74. The lowest BCUT2D eigenvalue weighted by atomic mass is 10.0. The maximum atomic E-state index is 13.1. The van der Waals surface area contributed by atoms with Gasteiger partial charge in [0.25, 0.3) is 5.91 Å². The molecule has 1 unspecified atom stereocenters. The molecule has 0 bridgehead atoms. The molecule has 0 aliphatic carbocycles. The Balaban J connectivity index is 1.55. The zero-order valence-corrected chi connectivity index (χ0v) is 16.9. The number of amides is 2. The van der Waals surface area contributed by atoms with Crippen LogP contribution in [0.15, 0.2) is 73.1 Å². The second-order valence-corrected chi connectivity index (χ2v) is 7.05. The lowest BCUT2D eigenvalue weighted by molar-refractivity contribution is -0.138. The first kappa shape index (κ1) is 23.0. The average Bonchev–Trinajstić information content (AvgIpc) is 2.78. The number of nitrogens with one attached hydrogen (secondary N) is 2. The Morgan fingerprint density at radius 1 is 0.969 bits per heavy atom. The average molecular weight is 442 g/mol. The minimum Gasteiger partial charge on any atom is -0.352 e. The van der Waals surface area contributed by atoms with Gasteiger partial charge in [0.05, 0.1) is 5.56 Å². The summed E-state index contributed by atoms with van der Waals surface area (Å²) >= 11 is 0. The van der Waals surface area contributed by atoms with Crippen molar-refractivity contribution in [2.24, 2.45) is 5.73 Å². The Morgan fingerprint density at radius 2 is 1.62 bits per heavy atom. The van der Waals surface area contributed by atoms with Crippen molar-refractivity contribution in [1.82, 2.24) is 10.3 Å². The summed E-state index contributed by atoms with van der Waals surface area (Å²) in [4.78, 5) is 28.4. The molecule has 166 valence electrons. The van der Waals surface area contributed by atoms with Crippen LogP contribution in [-0.2, 0) is 17.5 Å². The van der Waals surface area contributed by atoms with Crippen molar-refractivity contribution in [3.63, 3.8) is 0 Å². The summed E-state index contributed by atoms with van der Waals surface area (Å²) in [6, 6.07) is 14.2. The second-order valence-electron chi connectivity index (χ2n) is 7.05. The molecule has 2 amide bonds. The lowest BCUT2D eigenvalue weighted by Crippen LogP contribution is -2.28.